The molecule has 0 aliphatic carbocycles. The van der Waals surface area contributed by atoms with E-state index in [1.54, 1.807) is 6.92 Å². The average Bonchev–Trinajstić information content (AvgIpc) is 2.22. The van der Waals surface area contributed by atoms with Gasteiger partial charge in [0, 0.05) is 6.92 Å². The predicted molar refractivity (Wildman–Crippen MR) is 56.2 cm³/mol. The van der Waals surface area contributed by atoms with Crippen molar-refractivity contribution in [3.63, 3.8) is 0 Å². The van der Waals surface area contributed by atoms with Crippen LogP contribution < -0.4 is 0 Å². The maximum atomic E-state index is 11.3. The molecule has 0 saturated carbocycles. The van der Waals surface area contributed by atoms with Gasteiger partial charge in [-0.05, 0) is 26.3 Å². The smallest absolute Gasteiger partial charge is 0.312 e. The second-order valence-corrected chi connectivity index (χ2v) is 3.37. The van der Waals surface area contributed by atoms with E-state index in [1.165, 1.54) is 14.0 Å². The molecule has 0 saturated heterocycles. The van der Waals surface area contributed by atoms with Gasteiger partial charge in [0.15, 0.2) is 0 Å². The number of carbonyl (C=O) groups excluding carboxylic acids is 2. The fourth-order valence-electron chi connectivity index (χ4n) is 1.24. The van der Waals surface area contributed by atoms with Gasteiger partial charge in [-0.2, -0.15) is 0 Å². The van der Waals surface area contributed by atoms with E-state index in [0.717, 1.165) is 5.57 Å². The maximum Gasteiger partial charge on any atom is 0.312 e. The standard InChI is InChI=1S/C11H18O4/c1-6-7(2)10(15-9(4)12)8(3)11(13)14-5/h6,8,10H,1-5H3/b7-6+/t8-,10-/m0/s1. The van der Waals surface area contributed by atoms with Crippen LogP contribution in [0.25, 0.3) is 0 Å². The molecule has 0 bridgehead atoms. The zero-order valence-electron chi connectivity index (χ0n) is 9.87. The van der Waals surface area contributed by atoms with Crippen molar-refractivity contribution < 1.29 is 19.1 Å². The summed E-state index contributed by atoms with van der Waals surface area (Å²) in [6.07, 6.45) is 1.27. The van der Waals surface area contributed by atoms with Crippen molar-refractivity contribution in [3.05, 3.63) is 11.6 Å². The van der Waals surface area contributed by atoms with Gasteiger partial charge in [-0.25, -0.2) is 0 Å². The summed E-state index contributed by atoms with van der Waals surface area (Å²) in [6, 6.07) is 0. The lowest BCUT2D eigenvalue weighted by atomic mass is 9.98. The van der Waals surface area contributed by atoms with Crippen LogP contribution in [0.3, 0.4) is 0 Å². The summed E-state index contributed by atoms with van der Waals surface area (Å²) in [5.41, 5.74) is 0.836. The molecule has 0 unspecified atom stereocenters. The molecule has 15 heavy (non-hydrogen) atoms. The number of methoxy groups -OCH3 is 1. The average molecular weight is 214 g/mol. The third-order valence-electron chi connectivity index (χ3n) is 2.22. The van der Waals surface area contributed by atoms with E-state index in [-0.39, 0.29) is 5.97 Å². The SMILES string of the molecule is C/C=C(\C)[C@H](OC(C)=O)[C@H](C)C(=O)OC. The van der Waals surface area contributed by atoms with Crippen LogP contribution in [0, 0.1) is 5.92 Å². The first-order valence-corrected chi connectivity index (χ1v) is 4.81. The summed E-state index contributed by atoms with van der Waals surface area (Å²) in [5.74, 6) is -1.28. The zero-order valence-corrected chi connectivity index (χ0v) is 9.87. The molecule has 0 aliphatic heterocycles. The summed E-state index contributed by atoms with van der Waals surface area (Å²) < 4.78 is 9.69. The minimum absolute atomic E-state index is 0.387. The molecule has 0 aromatic carbocycles. The van der Waals surface area contributed by atoms with Gasteiger partial charge in [-0.15, -0.1) is 0 Å². The second kappa shape index (κ2) is 6.22. The molecule has 0 radical (unpaired) electrons. The molecule has 2 atom stereocenters. The van der Waals surface area contributed by atoms with Crippen molar-refractivity contribution in [2.75, 3.05) is 7.11 Å². The quantitative estimate of drug-likeness (QED) is 0.528. The number of ether oxygens (including phenoxy) is 2. The Morgan fingerprint density at radius 3 is 2.13 bits per heavy atom. The topological polar surface area (TPSA) is 52.6 Å². The van der Waals surface area contributed by atoms with Crippen LogP contribution in [0.1, 0.15) is 27.7 Å². The monoisotopic (exact) mass is 214 g/mol. The highest BCUT2D eigenvalue weighted by Crippen LogP contribution is 2.17. The lowest BCUT2D eigenvalue weighted by Gasteiger charge is -2.22. The third kappa shape index (κ3) is 4.14. The van der Waals surface area contributed by atoms with Crippen LogP contribution in [-0.4, -0.2) is 25.2 Å². The second-order valence-electron chi connectivity index (χ2n) is 3.37. The molecule has 0 spiro atoms. The Labute approximate surface area is 90.2 Å². The van der Waals surface area contributed by atoms with Crippen molar-refractivity contribution in [2.24, 2.45) is 5.92 Å². The first-order valence-electron chi connectivity index (χ1n) is 4.81. The summed E-state index contributed by atoms with van der Waals surface area (Å²) in [5, 5.41) is 0. The number of allylic oxidation sites excluding steroid dienone is 1. The van der Waals surface area contributed by atoms with Crippen LogP contribution >= 0.6 is 0 Å². The molecule has 0 aliphatic rings. The molecule has 86 valence electrons. The van der Waals surface area contributed by atoms with E-state index < -0.39 is 18.0 Å². The van der Waals surface area contributed by atoms with Crippen LogP contribution in [0.4, 0.5) is 0 Å². The Morgan fingerprint density at radius 2 is 1.80 bits per heavy atom. The Hall–Kier alpha value is -1.32. The molecule has 0 amide bonds. The maximum absolute atomic E-state index is 11.3. The minimum Gasteiger partial charge on any atom is -0.469 e. The number of rotatable bonds is 4. The number of esters is 2. The fourth-order valence-corrected chi connectivity index (χ4v) is 1.24. The predicted octanol–water partition coefficient (Wildman–Crippen LogP) is 1.69. The Morgan fingerprint density at radius 1 is 1.27 bits per heavy atom. The molecule has 0 aromatic heterocycles. The van der Waals surface area contributed by atoms with Crippen molar-refractivity contribution in [1.82, 2.24) is 0 Å². The first-order chi connectivity index (χ1) is 6.93. The zero-order chi connectivity index (χ0) is 12.0. The van der Waals surface area contributed by atoms with Crippen LogP contribution in [-0.2, 0) is 19.1 Å². The highest BCUT2D eigenvalue weighted by molar-refractivity contribution is 5.74. The molecule has 4 heteroatoms. The van der Waals surface area contributed by atoms with E-state index in [9.17, 15) is 9.59 Å². The van der Waals surface area contributed by atoms with Crippen LogP contribution in [0.5, 0.6) is 0 Å². The van der Waals surface area contributed by atoms with Crippen molar-refractivity contribution in [2.45, 2.75) is 33.8 Å². The molecule has 0 rings (SSSR count). The molecule has 0 aromatic rings. The Bertz CT molecular complexity index is 268. The number of hydrogen-bond acceptors (Lipinski definition) is 4. The van der Waals surface area contributed by atoms with Gasteiger partial charge in [0.2, 0.25) is 0 Å². The van der Waals surface area contributed by atoms with Gasteiger partial charge in [-0.3, -0.25) is 9.59 Å². The van der Waals surface area contributed by atoms with Gasteiger partial charge in [0.05, 0.1) is 13.0 Å². The molecular weight excluding hydrogens is 196 g/mol. The molecule has 0 fully saturated rings. The molecule has 0 heterocycles. The highest BCUT2D eigenvalue weighted by atomic mass is 16.6. The van der Waals surface area contributed by atoms with Crippen LogP contribution in [0.15, 0.2) is 11.6 Å². The van der Waals surface area contributed by atoms with E-state index >= 15 is 0 Å². The fraction of sp³-hybridized carbons (Fsp3) is 0.636. The molecular formula is C11H18O4. The van der Waals surface area contributed by atoms with Crippen molar-refractivity contribution in [3.8, 4) is 0 Å². The van der Waals surface area contributed by atoms with E-state index in [4.69, 9.17) is 4.74 Å². The number of carbonyl (C=O) groups is 2. The van der Waals surface area contributed by atoms with Crippen molar-refractivity contribution >= 4 is 11.9 Å². The number of hydrogen-bond donors (Lipinski definition) is 0. The summed E-state index contributed by atoms with van der Waals surface area (Å²) in [7, 11) is 1.31. The summed E-state index contributed by atoms with van der Waals surface area (Å²) in [6.45, 7) is 6.63. The van der Waals surface area contributed by atoms with E-state index in [0.29, 0.717) is 0 Å². The molecule has 4 nitrogen and oxygen atoms in total. The van der Waals surface area contributed by atoms with Gasteiger partial charge in [0.1, 0.15) is 6.10 Å². The largest absolute Gasteiger partial charge is 0.469 e. The minimum atomic E-state index is -0.542. The van der Waals surface area contributed by atoms with Gasteiger partial charge < -0.3 is 9.47 Å². The highest BCUT2D eigenvalue weighted by Gasteiger charge is 2.28. The Kier molecular flexibility index (Phi) is 5.67. The third-order valence-corrected chi connectivity index (χ3v) is 2.22. The lowest BCUT2D eigenvalue weighted by molar-refractivity contribution is -0.155. The van der Waals surface area contributed by atoms with Gasteiger partial charge >= 0.3 is 11.9 Å². The van der Waals surface area contributed by atoms with E-state index in [1.807, 2.05) is 19.9 Å². The van der Waals surface area contributed by atoms with Gasteiger partial charge in [0.25, 0.3) is 0 Å². The summed E-state index contributed by atoms with van der Waals surface area (Å²) in [4.78, 5) is 22.2. The Balaban J connectivity index is 4.77. The van der Waals surface area contributed by atoms with Gasteiger partial charge in [-0.1, -0.05) is 6.08 Å². The van der Waals surface area contributed by atoms with E-state index in [2.05, 4.69) is 4.74 Å². The van der Waals surface area contributed by atoms with Crippen LogP contribution in [0.2, 0.25) is 0 Å². The summed E-state index contributed by atoms with van der Waals surface area (Å²) >= 11 is 0. The normalized spacial score (nSPS) is 15.4. The lowest BCUT2D eigenvalue weighted by Crippen LogP contribution is -2.31. The molecule has 0 N–H and O–H groups in total. The van der Waals surface area contributed by atoms with Crippen molar-refractivity contribution in [1.29, 1.82) is 0 Å². The first kappa shape index (κ1) is 13.7.